The number of amides is 1. The van der Waals surface area contributed by atoms with Crippen LogP contribution in [0.4, 0.5) is 0 Å². The third kappa shape index (κ3) is 51.8. The number of carbonyl (C=O) groups is 1. The zero-order valence-electron chi connectivity index (χ0n) is 43.9. The van der Waals surface area contributed by atoms with E-state index in [-0.39, 0.29) is 18.9 Å². The van der Waals surface area contributed by atoms with Gasteiger partial charge in [0.1, 0.15) is 0 Å². The predicted molar refractivity (Wildman–Crippen MR) is 287 cm³/mol. The molecule has 384 valence electrons. The largest absolute Gasteiger partial charge is 0.394 e. The van der Waals surface area contributed by atoms with Gasteiger partial charge in [0, 0.05) is 0 Å². The molecule has 0 saturated heterocycles. The molecular formula is C60H115NO4. The number of aliphatic hydroxyl groups is 3. The molecule has 0 aliphatic heterocycles. The van der Waals surface area contributed by atoms with E-state index < -0.39 is 18.2 Å². The quantitative estimate of drug-likeness (QED) is 0.0361. The van der Waals surface area contributed by atoms with E-state index in [2.05, 4.69) is 43.5 Å². The van der Waals surface area contributed by atoms with Crippen molar-refractivity contribution in [2.24, 2.45) is 0 Å². The highest BCUT2D eigenvalue weighted by Crippen LogP contribution is 2.17. The van der Waals surface area contributed by atoms with Gasteiger partial charge in [0.2, 0.25) is 5.91 Å². The van der Waals surface area contributed by atoms with E-state index in [0.717, 1.165) is 32.1 Å². The second-order valence-corrected chi connectivity index (χ2v) is 20.2. The molecule has 0 fully saturated rings. The Morgan fingerprint density at radius 3 is 0.985 bits per heavy atom. The zero-order chi connectivity index (χ0) is 47.2. The van der Waals surface area contributed by atoms with Gasteiger partial charge < -0.3 is 20.6 Å². The lowest BCUT2D eigenvalue weighted by Gasteiger charge is -2.21. The summed E-state index contributed by atoms with van der Waals surface area (Å²) < 4.78 is 0. The Bertz CT molecular complexity index is 1010. The fraction of sp³-hybridized carbons (Fsp3) is 0.883. The molecule has 0 bridgehead atoms. The maximum atomic E-state index is 12.5. The first-order valence-corrected chi connectivity index (χ1v) is 29.3. The van der Waals surface area contributed by atoms with Gasteiger partial charge in [0.15, 0.2) is 0 Å². The van der Waals surface area contributed by atoms with E-state index in [9.17, 15) is 20.1 Å². The number of unbranched alkanes of at least 4 members (excludes halogenated alkanes) is 41. The molecule has 65 heavy (non-hydrogen) atoms. The third-order valence-electron chi connectivity index (χ3n) is 13.6. The molecule has 0 aliphatic carbocycles. The summed E-state index contributed by atoms with van der Waals surface area (Å²) in [6.07, 6.45) is 72.1. The molecular weight excluding hydrogens is 799 g/mol. The van der Waals surface area contributed by atoms with Crippen molar-refractivity contribution >= 4 is 5.91 Å². The molecule has 3 atom stereocenters. The molecule has 5 heteroatoms. The van der Waals surface area contributed by atoms with Crippen LogP contribution in [0.5, 0.6) is 0 Å². The maximum absolute atomic E-state index is 12.5. The fourth-order valence-electron chi connectivity index (χ4n) is 9.18. The summed E-state index contributed by atoms with van der Waals surface area (Å²) in [5.41, 5.74) is 0. The second-order valence-electron chi connectivity index (χ2n) is 20.2. The van der Waals surface area contributed by atoms with Crippen LogP contribution in [-0.4, -0.2) is 46.1 Å². The normalized spacial score (nSPS) is 13.5. The Balaban J connectivity index is 3.52. The van der Waals surface area contributed by atoms with E-state index in [1.54, 1.807) is 6.08 Å². The Hall–Kier alpha value is -1.43. The van der Waals surface area contributed by atoms with Crippen LogP contribution in [0, 0.1) is 0 Å². The molecule has 3 unspecified atom stereocenters. The van der Waals surface area contributed by atoms with Gasteiger partial charge in [-0.15, -0.1) is 0 Å². The van der Waals surface area contributed by atoms with Gasteiger partial charge in [-0.3, -0.25) is 4.79 Å². The van der Waals surface area contributed by atoms with E-state index >= 15 is 0 Å². The van der Waals surface area contributed by atoms with Crippen LogP contribution in [0.2, 0.25) is 0 Å². The Morgan fingerprint density at radius 2 is 0.662 bits per heavy atom. The number of allylic oxidation sites excluding steroid dienone is 5. The first kappa shape index (κ1) is 63.6. The van der Waals surface area contributed by atoms with Crippen molar-refractivity contribution in [2.45, 2.75) is 334 Å². The second kappa shape index (κ2) is 55.2. The van der Waals surface area contributed by atoms with Crippen LogP contribution < -0.4 is 5.32 Å². The number of hydrogen-bond donors (Lipinski definition) is 4. The minimum Gasteiger partial charge on any atom is -0.394 e. The lowest BCUT2D eigenvalue weighted by Crippen LogP contribution is -2.45. The number of nitrogens with one attached hydrogen (secondary N) is 1. The molecule has 0 aliphatic rings. The maximum Gasteiger partial charge on any atom is 0.222 e. The van der Waals surface area contributed by atoms with Crippen LogP contribution in [0.3, 0.4) is 0 Å². The molecule has 0 radical (unpaired) electrons. The van der Waals surface area contributed by atoms with Crippen molar-refractivity contribution in [1.82, 2.24) is 5.32 Å². The van der Waals surface area contributed by atoms with E-state index in [1.807, 2.05) is 6.08 Å². The van der Waals surface area contributed by atoms with Crippen LogP contribution in [-0.2, 0) is 4.79 Å². The van der Waals surface area contributed by atoms with Gasteiger partial charge in [-0.1, -0.05) is 288 Å². The molecule has 0 saturated carbocycles. The predicted octanol–water partition coefficient (Wildman–Crippen LogP) is 18.2. The summed E-state index contributed by atoms with van der Waals surface area (Å²) >= 11 is 0. The van der Waals surface area contributed by atoms with Gasteiger partial charge in [-0.25, -0.2) is 0 Å². The lowest BCUT2D eigenvalue weighted by atomic mass is 10.0. The van der Waals surface area contributed by atoms with Crippen LogP contribution in [0.15, 0.2) is 36.5 Å². The van der Waals surface area contributed by atoms with Crippen molar-refractivity contribution < 1.29 is 20.1 Å². The van der Waals surface area contributed by atoms with Crippen LogP contribution in [0.1, 0.15) is 316 Å². The molecule has 5 nitrogen and oxygen atoms in total. The highest BCUT2D eigenvalue weighted by molar-refractivity contribution is 5.76. The average molecular weight is 915 g/mol. The smallest absolute Gasteiger partial charge is 0.222 e. The summed E-state index contributed by atoms with van der Waals surface area (Å²) in [5, 5.41) is 33.4. The number of rotatable bonds is 54. The third-order valence-corrected chi connectivity index (χ3v) is 13.6. The first-order chi connectivity index (χ1) is 32.0. The van der Waals surface area contributed by atoms with Crippen molar-refractivity contribution in [3.63, 3.8) is 0 Å². The van der Waals surface area contributed by atoms with Gasteiger partial charge >= 0.3 is 0 Å². The zero-order valence-corrected chi connectivity index (χ0v) is 43.9. The fourth-order valence-corrected chi connectivity index (χ4v) is 9.18. The molecule has 0 heterocycles. The molecule has 4 N–H and O–H groups in total. The molecule has 1 amide bonds. The summed E-state index contributed by atoms with van der Waals surface area (Å²) in [6.45, 7) is 4.23. The number of carbonyl (C=O) groups excluding carboxylic acids is 1. The van der Waals surface area contributed by atoms with Gasteiger partial charge in [-0.2, -0.15) is 0 Å². The van der Waals surface area contributed by atoms with Crippen molar-refractivity contribution in [2.75, 3.05) is 6.61 Å². The number of hydrogen-bond acceptors (Lipinski definition) is 4. The minimum atomic E-state index is -0.951. The Morgan fingerprint density at radius 1 is 0.385 bits per heavy atom. The Kier molecular flexibility index (Phi) is 54.0. The summed E-state index contributed by atoms with van der Waals surface area (Å²) in [6, 6.07) is -0.761. The molecule has 0 aromatic carbocycles. The molecule has 0 rings (SSSR count). The minimum absolute atomic E-state index is 0.00802. The van der Waals surface area contributed by atoms with Crippen molar-refractivity contribution in [3.05, 3.63) is 36.5 Å². The van der Waals surface area contributed by atoms with Crippen LogP contribution >= 0.6 is 0 Å². The van der Waals surface area contributed by atoms with E-state index in [1.165, 1.54) is 257 Å². The van der Waals surface area contributed by atoms with Crippen LogP contribution in [0.25, 0.3) is 0 Å². The first-order valence-electron chi connectivity index (χ1n) is 29.3. The summed E-state index contributed by atoms with van der Waals surface area (Å²) in [4.78, 5) is 12.5. The molecule has 0 spiro atoms. The van der Waals surface area contributed by atoms with E-state index in [4.69, 9.17) is 0 Å². The number of aliphatic hydroxyl groups excluding tert-OH is 3. The average Bonchev–Trinajstić information content (AvgIpc) is 3.30. The van der Waals surface area contributed by atoms with Crippen molar-refractivity contribution in [3.8, 4) is 0 Å². The van der Waals surface area contributed by atoms with Gasteiger partial charge in [0.05, 0.1) is 31.3 Å². The lowest BCUT2D eigenvalue weighted by molar-refractivity contribution is -0.124. The summed E-state index contributed by atoms with van der Waals surface area (Å²) in [5.74, 6) is -0.321. The SMILES string of the molecule is CCCCCCCCCCCCC/C=C/CC/C=C/C(O)C(CO)NC(=O)CC(O)CCCCCCCCCCCCCCCCC/C=C\CCCCCCCCCCCCCCCC. The standard InChI is InChI=1S/C60H115NO4/c1-3-5-7-9-11-13-15-17-19-21-22-23-24-25-26-27-28-29-30-31-32-33-34-35-36-38-39-41-43-45-47-49-51-53-57(63)55-60(65)61-58(56-62)59(64)54-52-50-48-46-44-42-40-37-20-18-16-14-12-10-8-6-4-2/h27-28,44,46,52,54,57-59,62-64H,3-26,29-43,45,47-51,53,55-56H2,1-2H3,(H,61,65)/b28-27-,46-44+,54-52+. The van der Waals surface area contributed by atoms with Gasteiger partial charge in [-0.05, 0) is 57.8 Å². The summed E-state index contributed by atoms with van der Waals surface area (Å²) in [7, 11) is 0. The molecule has 0 aromatic rings. The topological polar surface area (TPSA) is 89.8 Å². The van der Waals surface area contributed by atoms with Crippen molar-refractivity contribution in [1.29, 1.82) is 0 Å². The molecule has 0 aromatic heterocycles. The monoisotopic (exact) mass is 914 g/mol. The highest BCUT2D eigenvalue weighted by atomic mass is 16.3. The van der Waals surface area contributed by atoms with Gasteiger partial charge in [0.25, 0.3) is 0 Å². The Labute approximate surface area is 406 Å². The highest BCUT2D eigenvalue weighted by Gasteiger charge is 2.20. The van der Waals surface area contributed by atoms with E-state index in [0.29, 0.717) is 6.42 Å².